The zero-order valence-electron chi connectivity index (χ0n) is 18.2. The second-order valence-electron chi connectivity index (χ2n) is 7.50. The molecule has 9 nitrogen and oxygen atoms in total. The highest BCUT2D eigenvalue weighted by Gasteiger charge is 2.29. The maximum Gasteiger partial charge on any atom is 0.246 e. The van der Waals surface area contributed by atoms with Crippen LogP contribution >= 0.6 is 0 Å². The van der Waals surface area contributed by atoms with E-state index in [1.54, 1.807) is 18.2 Å². The predicted octanol–water partition coefficient (Wildman–Crippen LogP) is 1.69. The molecule has 4 rings (SSSR count). The van der Waals surface area contributed by atoms with Crippen molar-refractivity contribution in [3.63, 3.8) is 0 Å². The van der Waals surface area contributed by atoms with Gasteiger partial charge in [0.2, 0.25) is 15.9 Å². The molecule has 0 aromatic heterocycles. The van der Waals surface area contributed by atoms with Crippen molar-refractivity contribution in [1.82, 2.24) is 9.62 Å². The van der Waals surface area contributed by atoms with Crippen LogP contribution < -0.4 is 19.5 Å². The van der Waals surface area contributed by atoms with Crippen molar-refractivity contribution < 1.29 is 32.2 Å². The number of rotatable bonds is 7. The smallest absolute Gasteiger partial charge is 0.246 e. The first kappa shape index (κ1) is 23.1. The van der Waals surface area contributed by atoms with E-state index in [4.69, 9.17) is 18.9 Å². The lowest BCUT2D eigenvalue weighted by Gasteiger charge is -2.26. The van der Waals surface area contributed by atoms with Crippen LogP contribution in [0.2, 0.25) is 0 Å². The third kappa shape index (κ3) is 5.47. The maximum absolute atomic E-state index is 13.1. The first-order valence-electron chi connectivity index (χ1n) is 10.6. The van der Waals surface area contributed by atoms with Crippen LogP contribution in [-0.4, -0.2) is 71.3 Å². The Morgan fingerprint density at radius 3 is 2.70 bits per heavy atom. The van der Waals surface area contributed by atoms with Gasteiger partial charge in [-0.2, -0.15) is 4.31 Å². The van der Waals surface area contributed by atoms with Gasteiger partial charge in [-0.3, -0.25) is 4.79 Å². The predicted molar refractivity (Wildman–Crippen MR) is 121 cm³/mol. The van der Waals surface area contributed by atoms with Gasteiger partial charge >= 0.3 is 0 Å². The summed E-state index contributed by atoms with van der Waals surface area (Å²) in [5.74, 6) is 1.25. The SMILES string of the molecule is COc1ccc(/C=C/C(=O)NC[C@@H]2COc3ccccc3O2)cc1S(=O)(=O)N1CCOCC1. The lowest BCUT2D eigenvalue weighted by molar-refractivity contribution is -0.116. The number of carbonyl (C=O) groups excluding carboxylic acids is 1. The molecule has 33 heavy (non-hydrogen) atoms. The highest BCUT2D eigenvalue weighted by atomic mass is 32.2. The van der Waals surface area contributed by atoms with Crippen LogP contribution in [0.5, 0.6) is 17.2 Å². The molecule has 1 N–H and O–H groups in total. The number of fused-ring (bicyclic) bond motifs is 1. The minimum atomic E-state index is -3.75. The van der Waals surface area contributed by atoms with E-state index >= 15 is 0 Å². The topological polar surface area (TPSA) is 103 Å². The minimum Gasteiger partial charge on any atom is -0.495 e. The number of sulfonamides is 1. The number of amides is 1. The zero-order chi connectivity index (χ0) is 23.3. The van der Waals surface area contributed by atoms with Gasteiger partial charge in [0.25, 0.3) is 0 Å². The quantitative estimate of drug-likeness (QED) is 0.609. The molecule has 1 amide bonds. The van der Waals surface area contributed by atoms with Crippen LogP contribution in [0.4, 0.5) is 0 Å². The molecule has 1 atom stereocenters. The first-order valence-corrected chi connectivity index (χ1v) is 12.0. The number of carbonyl (C=O) groups is 1. The van der Waals surface area contributed by atoms with Gasteiger partial charge < -0.3 is 24.3 Å². The van der Waals surface area contributed by atoms with Crippen LogP contribution in [0.3, 0.4) is 0 Å². The summed E-state index contributed by atoms with van der Waals surface area (Å²) in [5.41, 5.74) is 0.559. The molecule has 2 aliphatic heterocycles. The number of nitrogens with zero attached hydrogens (tertiary/aromatic N) is 1. The van der Waals surface area contributed by atoms with Gasteiger partial charge in [-0.05, 0) is 35.9 Å². The van der Waals surface area contributed by atoms with Crippen LogP contribution in [0.25, 0.3) is 6.08 Å². The lowest BCUT2D eigenvalue weighted by Crippen LogP contribution is -2.40. The monoisotopic (exact) mass is 474 g/mol. The number of morpholine rings is 1. The van der Waals surface area contributed by atoms with E-state index in [1.807, 2.05) is 24.3 Å². The largest absolute Gasteiger partial charge is 0.495 e. The van der Waals surface area contributed by atoms with E-state index in [-0.39, 0.29) is 42.3 Å². The average Bonchev–Trinajstić information content (AvgIpc) is 2.86. The molecule has 10 heteroatoms. The molecule has 2 heterocycles. The van der Waals surface area contributed by atoms with Gasteiger partial charge in [0.1, 0.15) is 23.4 Å². The normalized spacial score (nSPS) is 18.8. The standard InChI is InChI=1S/C23H26N2O7S/c1-29-21-8-6-17(14-22(21)33(27,28)25-10-12-30-13-11-25)7-9-23(26)24-15-18-16-31-19-4-2-3-5-20(19)32-18/h2-9,14,18H,10-13,15-16H2,1H3,(H,24,26)/b9-7+/t18-/m1/s1. The van der Waals surface area contributed by atoms with E-state index in [0.29, 0.717) is 36.9 Å². The van der Waals surface area contributed by atoms with Crippen molar-refractivity contribution in [2.45, 2.75) is 11.0 Å². The van der Waals surface area contributed by atoms with Crippen molar-refractivity contribution >= 4 is 22.0 Å². The molecule has 2 aromatic carbocycles. The fourth-order valence-corrected chi connectivity index (χ4v) is 5.13. The average molecular weight is 475 g/mol. The molecule has 0 bridgehead atoms. The van der Waals surface area contributed by atoms with Crippen LogP contribution in [0, 0.1) is 0 Å². The van der Waals surface area contributed by atoms with Crippen LogP contribution in [0.1, 0.15) is 5.56 Å². The Hall–Kier alpha value is -3.08. The third-order valence-corrected chi connectivity index (χ3v) is 7.19. The Bertz CT molecular complexity index is 1130. The van der Waals surface area contributed by atoms with Crippen molar-refractivity contribution in [2.75, 3.05) is 46.6 Å². The molecule has 176 valence electrons. The summed E-state index contributed by atoms with van der Waals surface area (Å²) >= 11 is 0. The molecule has 0 aliphatic carbocycles. The Balaban J connectivity index is 1.39. The summed E-state index contributed by atoms with van der Waals surface area (Å²) in [6.45, 7) is 1.88. The molecule has 0 saturated carbocycles. The third-order valence-electron chi connectivity index (χ3n) is 5.27. The van der Waals surface area contributed by atoms with Gasteiger partial charge in [0, 0.05) is 19.2 Å². The van der Waals surface area contributed by atoms with Crippen LogP contribution in [-0.2, 0) is 19.6 Å². The molecule has 0 radical (unpaired) electrons. The van der Waals surface area contributed by atoms with Gasteiger partial charge in [0.05, 0.1) is 26.9 Å². The lowest BCUT2D eigenvalue weighted by atomic mass is 10.2. The summed E-state index contributed by atoms with van der Waals surface area (Å²) in [5, 5.41) is 2.78. The van der Waals surface area contributed by atoms with Crippen molar-refractivity contribution in [3.8, 4) is 17.2 Å². The number of benzene rings is 2. The van der Waals surface area contributed by atoms with Gasteiger partial charge in [-0.15, -0.1) is 0 Å². The summed E-state index contributed by atoms with van der Waals surface area (Å²) in [4.78, 5) is 12.4. The number of para-hydroxylation sites is 2. The number of hydrogen-bond donors (Lipinski definition) is 1. The van der Waals surface area contributed by atoms with Gasteiger partial charge in [0.15, 0.2) is 11.5 Å². The van der Waals surface area contributed by atoms with E-state index in [1.165, 1.54) is 23.6 Å². The number of nitrogens with one attached hydrogen (secondary N) is 1. The zero-order valence-corrected chi connectivity index (χ0v) is 19.0. The fourth-order valence-electron chi connectivity index (χ4n) is 3.53. The number of ether oxygens (including phenoxy) is 4. The number of methoxy groups -OCH3 is 1. The van der Waals surface area contributed by atoms with E-state index in [9.17, 15) is 13.2 Å². The van der Waals surface area contributed by atoms with Crippen molar-refractivity contribution in [2.24, 2.45) is 0 Å². The second kappa shape index (κ2) is 10.2. The molecule has 0 unspecified atom stereocenters. The second-order valence-corrected chi connectivity index (χ2v) is 9.41. The minimum absolute atomic E-state index is 0.0564. The highest BCUT2D eigenvalue weighted by molar-refractivity contribution is 7.89. The van der Waals surface area contributed by atoms with E-state index in [0.717, 1.165) is 0 Å². The van der Waals surface area contributed by atoms with E-state index in [2.05, 4.69) is 5.32 Å². The molecular weight excluding hydrogens is 448 g/mol. The van der Waals surface area contributed by atoms with E-state index < -0.39 is 10.0 Å². The summed E-state index contributed by atoms with van der Waals surface area (Å²) in [6, 6.07) is 12.1. The number of hydrogen-bond acceptors (Lipinski definition) is 7. The fraction of sp³-hybridized carbons (Fsp3) is 0.348. The molecule has 2 aromatic rings. The molecule has 1 saturated heterocycles. The Labute approximate surface area is 192 Å². The maximum atomic E-state index is 13.1. The van der Waals surface area contributed by atoms with Gasteiger partial charge in [-0.25, -0.2) is 8.42 Å². The summed E-state index contributed by atoms with van der Waals surface area (Å²) in [6.07, 6.45) is 2.61. The molecular formula is C23H26N2O7S. The van der Waals surface area contributed by atoms with Crippen LogP contribution in [0.15, 0.2) is 53.4 Å². The molecule has 0 spiro atoms. The first-order chi connectivity index (χ1) is 16.0. The molecule has 1 fully saturated rings. The Kier molecular flexibility index (Phi) is 7.17. The van der Waals surface area contributed by atoms with Crippen molar-refractivity contribution in [1.29, 1.82) is 0 Å². The highest BCUT2D eigenvalue weighted by Crippen LogP contribution is 2.31. The summed E-state index contributed by atoms with van der Waals surface area (Å²) < 4.78 is 49.5. The van der Waals surface area contributed by atoms with Gasteiger partial charge in [-0.1, -0.05) is 18.2 Å². The Morgan fingerprint density at radius 2 is 1.94 bits per heavy atom. The molecule has 2 aliphatic rings. The van der Waals surface area contributed by atoms with Crippen molar-refractivity contribution in [3.05, 3.63) is 54.1 Å². The Morgan fingerprint density at radius 1 is 1.18 bits per heavy atom. The summed E-state index contributed by atoms with van der Waals surface area (Å²) in [7, 11) is -2.33.